The van der Waals surface area contributed by atoms with Crippen LogP contribution < -0.4 is 5.32 Å². The molecule has 1 N–H and O–H groups in total. The lowest BCUT2D eigenvalue weighted by Crippen LogP contribution is -2.29. The van der Waals surface area contributed by atoms with Gasteiger partial charge in [0.2, 0.25) is 0 Å². The topological polar surface area (TPSA) is 15.3 Å². The van der Waals surface area contributed by atoms with E-state index in [1.54, 1.807) is 0 Å². The Balaban J connectivity index is 2.41. The first kappa shape index (κ1) is 17.2. The van der Waals surface area contributed by atoms with Gasteiger partial charge in [0.05, 0.1) is 0 Å². The van der Waals surface area contributed by atoms with E-state index in [0.717, 1.165) is 26.1 Å². The Hall–Kier alpha value is -0.860. The van der Waals surface area contributed by atoms with Gasteiger partial charge in [0, 0.05) is 12.6 Å². The number of nitrogens with zero attached hydrogens (tertiary/aromatic N) is 1. The first-order valence-corrected chi connectivity index (χ1v) is 8.20. The van der Waals surface area contributed by atoms with Crippen LogP contribution in [0.5, 0.6) is 0 Å². The molecule has 114 valence electrons. The van der Waals surface area contributed by atoms with Crippen LogP contribution >= 0.6 is 0 Å². The van der Waals surface area contributed by atoms with E-state index in [2.05, 4.69) is 62.3 Å². The fraction of sp³-hybridized carbons (Fsp3) is 0.667. The summed E-state index contributed by atoms with van der Waals surface area (Å²) in [6, 6.07) is 9.84. The van der Waals surface area contributed by atoms with Gasteiger partial charge in [0.1, 0.15) is 0 Å². The lowest BCUT2D eigenvalue weighted by molar-refractivity contribution is 0.222. The minimum atomic E-state index is 0.702. The summed E-state index contributed by atoms with van der Waals surface area (Å²) in [6.07, 6.45) is 4.80. The second-order valence-electron chi connectivity index (χ2n) is 5.70. The summed E-state index contributed by atoms with van der Waals surface area (Å²) in [4.78, 5) is 2.47. The molecule has 2 nitrogen and oxygen atoms in total. The summed E-state index contributed by atoms with van der Waals surface area (Å²) in [5.74, 6) is 0. The molecule has 1 aromatic rings. The van der Waals surface area contributed by atoms with Crippen LogP contribution in [0, 0.1) is 0 Å². The normalized spacial score (nSPS) is 11.5. The summed E-state index contributed by atoms with van der Waals surface area (Å²) < 4.78 is 0. The highest BCUT2D eigenvalue weighted by molar-refractivity contribution is 5.22. The van der Waals surface area contributed by atoms with E-state index >= 15 is 0 Å². The zero-order valence-electron chi connectivity index (χ0n) is 13.8. The van der Waals surface area contributed by atoms with Gasteiger partial charge in [0.25, 0.3) is 0 Å². The molecule has 0 aliphatic heterocycles. The molecule has 0 amide bonds. The number of nitrogens with one attached hydrogen (secondary N) is 1. The van der Waals surface area contributed by atoms with Gasteiger partial charge in [-0.2, -0.15) is 0 Å². The molecule has 1 aromatic carbocycles. The molecular formula is C18H32N2. The van der Waals surface area contributed by atoms with Crippen molar-refractivity contribution in [2.24, 2.45) is 0 Å². The highest BCUT2D eigenvalue weighted by atomic mass is 15.1. The van der Waals surface area contributed by atoms with Gasteiger partial charge in [-0.05, 0) is 56.9 Å². The fourth-order valence-corrected chi connectivity index (χ4v) is 2.67. The van der Waals surface area contributed by atoms with Gasteiger partial charge in [0.15, 0.2) is 0 Å². The maximum absolute atomic E-state index is 3.45. The van der Waals surface area contributed by atoms with Crippen LogP contribution in [0.3, 0.4) is 0 Å². The molecule has 0 spiro atoms. The smallest absolute Gasteiger partial charge is 0.0233 e. The van der Waals surface area contributed by atoms with Gasteiger partial charge in [-0.3, -0.25) is 4.90 Å². The van der Waals surface area contributed by atoms with Crippen LogP contribution in [0.15, 0.2) is 24.3 Å². The highest BCUT2D eigenvalue weighted by Crippen LogP contribution is 2.12. The summed E-state index contributed by atoms with van der Waals surface area (Å²) in [6.45, 7) is 10.0. The third-order valence-electron chi connectivity index (χ3n) is 4.04. The first-order chi connectivity index (χ1) is 9.71. The lowest BCUT2D eigenvalue weighted by atomic mass is 10.1. The maximum atomic E-state index is 3.45. The van der Waals surface area contributed by atoms with Crippen molar-refractivity contribution in [3.63, 3.8) is 0 Å². The summed E-state index contributed by atoms with van der Waals surface area (Å²) in [5, 5.41) is 3.45. The molecule has 0 saturated carbocycles. The number of benzene rings is 1. The molecule has 0 unspecified atom stereocenters. The number of hydrogen-bond acceptors (Lipinski definition) is 2. The van der Waals surface area contributed by atoms with Crippen molar-refractivity contribution in [1.82, 2.24) is 10.2 Å². The average Bonchev–Trinajstić information content (AvgIpc) is 2.46. The van der Waals surface area contributed by atoms with Crippen LogP contribution in [0.4, 0.5) is 0 Å². The minimum absolute atomic E-state index is 0.702. The Morgan fingerprint density at radius 2 is 1.55 bits per heavy atom. The SMILES string of the molecule is CCCNCCc1ccc(CN(C)C(CC)CC)cc1. The molecular weight excluding hydrogens is 244 g/mol. The third kappa shape index (κ3) is 6.06. The summed E-state index contributed by atoms with van der Waals surface area (Å²) >= 11 is 0. The molecule has 2 heteroatoms. The van der Waals surface area contributed by atoms with Gasteiger partial charge in [-0.25, -0.2) is 0 Å². The van der Waals surface area contributed by atoms with Crippen molar-refractivity contribution >= 4 is 0 Å². The highest BCUT2D eigenvalue weighted by Gasteiger charge is 2.10. The van der Waals surface area contributed by atoms with E-state index in [9.17, 15) is 0 Å². The predicted molar refractivity (Wildman–Crippen MR) is 89.1 cm³/mol. The fourth-order valence-electron chi connectivity index (χ4n) is 2.67. The second-order valence-corrected chi connectivity index (χ2v) is 5.70. The number of rotatable bonds is 10. The molecule has 20 heavy (non-hydrogen) atoms. The quantitative estimate of drug-likeness (QED) is 0.653. The van der Waals surface area contributed by atoms with Gasteiger partial charge in [-0.1, -0.05) is 45.0 Å². The molecule has 0 aliphatic rings. The minimum Gasteiger partial charge on any atom is -0.316 e. The molecule has 0 fully saturated rings. The van der Waals surface area contributed by atoms with Crippen molar-refractivity contribution in [3.05, 3.63) is 35.4 Å². The molecule has 0 radical (unpaired) electrons. The molecule has 0 bridgehead atoms. The Morgan fingerprint density at radius 3 is 2.10 bits per heavy atom. The Bertz CT molecular complexity index is 341. The van der Waals surface area contributed by atoms with Crippen molar-refractivity contribution < 1.29 is 0 Å². The van der Waals surface area contributed by atoms with Crippen molar-refractivity contribution in [2.45, 2.75) is 59.0 Å². The Kier molecular flexibility index (Phi) is 8.56. The summed E-state index contributed by atoms with van der Waals surface area (Å²) in [7, 11) is 2.24. The first-order valence-electron chi connectivity index (χ1n) is 8.20. The van der Waals surface area contributed by atoms with Crippen LogP contribution in [0.1, 0.15) is 51.2 Å². The molecule has 0 atom stereocenters. The monoisotopic (exact) mass is 276 g/mol. The zero-order chi connectivity index (χ0) is 14.8. The number of hydrogen-bond donors (Lipinski definition) is 1. The lowest BCUT2D eigenvalue weighted by Gasteiger charge is -2.26. The molecule has 0 heterocycles. The molecule has 0 saturated heterocycles. The van der Waals surface area contributed by atoms with Gasteiger partial charge < -0.3 is 5.32 Å². The van der Waals surface area contributed by atoms with Crippen LogP contribution in [-0.4, -0.2) is 31.1 Å². The average molecular weight is 276 g/mol. The molecule has 1 rings (SSSR count). The van der Waals surface area contributed by atoms with Crippen molar-refractivity contribution in [3.8, 4) is 0 Å². The predicted octanol–water partition coefficient (Wildman–Crippen LogP) is 3.85. The van der Waals surface area contributed by atoms with Crippen LogP contribution in [-0.2, 0) is 13.0 Å². The van der Waals surface area contributed by atoms with E-state index in [1.165, 1.54) is 30.4 Å². The van der Waals surface area contributed by atoms with E-state index in [0.29, 0.717) is 6.04 Å². The van der Waals surface area contributed by atoms with Crippen LogP contribution in [0.2, 0.25) is 0 Å². The van der Waals surface area contributed by atoms with Crippen LogP contribution in [0.25, 0.3) is 0 Å². The van der Waals surface area contributed by atoms with Crippen molar-refractivity contribution in [2.75, 3.05) is 20.1 Å². The Labute approximate surface area is 125 Å². The van der Waals surface area contributed by atoms with Gasteiger partial charge >= 0.3 is 0 Å². The zero-order valence-corrected chi connectivity index (χ0v) is 13.8. The van der Waals surface area contributed by atoms with E-state index in [-0.39, 0.29) is 0 Å². The largest absolute Gasteiger partial charge is 0.316 e. The van der Waals surface area contributed by atoms with E-state index < -0.39 is 0 Å². The maximum Gasteiger partial charge on any atom is 0.0233 e. The van der Waals surface area contributed by atoms with E-state index in [4.69, 9.17) is 0 Å². The van der Waals surface area contributed by atoms with Crippen molar-refractivity contribution in [1.29, 1.82) is 0 Å². The standard InChI is InChI=1S/C18H32N2/c1-5-13-19-14-12-16-8-10-17(11-9-16)15-20(4)18(6-2)7-3/h8-11,18-19H,5-7,12-15H2,1-4H3. The third-order valence-corrected chi connectivity index (χ3v) is 4.04. The van der Waals surface area contributed by atoms with Gasteiger partial charge in [-0.15, -0.1) is 0 Å². The molecule has 0 aromatic heterocycles. The second kappa shape index (κ2) is 9.95. The Morgan fingerprint density at radius 1 is 0.950 bits per heavy atom. The molecule has 0 aliphatic carbocycles. The van der Waals surface area contributed by atoms with E-state index in [1.807, 2.05) is 0 Å². The summed E-state index contributed by atoms with van der Waals surface area (Å²) in [5.41, 5.74) is 2.85.